The third-order valence-electron chi connectivity index (χ3n) is 7.49. The minimum Gasteiger partial charge on any atom is -0.355 e. The van der Waals surface area contributed by atoms with Gasteiger partial charge in [-0.2, -0.15) is 5.10 Å². The summed E-state index contributed by atoms with van der Waals surface area (Å²) in [5.74, 6) is 1.05. The fourth-order valence-corrected chi connectivity index (χ4v) is 5.57. The van der Waals surface area contributed by atoms with Gasteiger partial charge in [0, 0.05) is 49.1 Å². The van der Waals surface area contributed by atoms with Crippen LogP contribution in [0, 0.1) is 6.92 Å². The molecule has 4 aromatic rings. The number of likely N-dealkylation sites (tertiary alicyclic amines) is 1. The molecule has 2 fully saturated rings. The Kier molecular flexibility index (Phi) is 5.93. The van der Waals surface area contributed by atoms with Crippen molar-refractivity contribution >= 4 is 17.4 Å². The highest BCUT2D eigenvalue weighted by Gasteiger charge is 2.31. The van der Waals surface area contributed by atoms with E-state index in [4.69, 9.17) is 15.8 Å². The number of fused-ring (bicyclic) bond motifs is 1. The highest BCUT2D eigenvalue weighted by Crippen LogP contribution is 2.33. The van der Waals surface area contributed by atoms with E-state index in [1.54, 1.807) is 0 Å². The molecule has 2 aliphatic rings. The molecule has 0 aliphatic carbocycles. The summed E-state index contributed by atoms with van der Waals surface area (Å²) in [6.07, 6.45) is 6.03. The summed E-state index contributed by atoms with van der Waals surface area (Å²) >= 11 is 0. The van der Waals surface area contributed by atoms with E-state index in [-0.39, 0.29) is 18.0 Å². The highest BCUT2D eigenvalue weighted by atomic mass is 16.2. The van der Waals surface area contributed by atoms with Crippen LogP contribution in [-0.4, -0.2) is 51.1 Å². The van der Waals surface area contributed by atoms with Gasteiger partial charge in [0.25, 0.3) is 5.91 Å². The Hall–Kier alpha value is -3.71. The number of amides is 1. The van der Waals surface area contributed by atoms with Crippen LogP contribution < -0.4 is 10.6 Å². The number of hydrogen-bond donors (Lipinski definition) is 1. The largest absolute Gasteiger partial charge is 0.355 e. The minimum absolute atomic E-state index is 0.0503. The van der Waals surface area contributed by atoms with Gasteiger partial charge in [-0.3, -0.25) is 4.79 Å². The van der Waals surface area contributed by atoms with Crippen LogP contribution in [0.2, 0.25) is 0 Å². The lowest BCUT2D eigenvalue weighted by molar-refractivity contribution is 0.0605. The average molecular weight is 481 g/mol. The third-order valence-corrected chi connectivity index (χ3v) is 7.49. The summed E-state index contributed by atoms with van der Waals surface area (Å²) in [5.41, 5.74) is 11.9. The third kappa shape index (κ3) is 4.24. The van der Waals surface area contributed by atoms with E-state index in [1.807, 2.05) is 64.1 Å². The maximum absolute atomic E-state index is 13.6. The van der Waals surface area contributed by atoms with E-state index in [0.717, 1.165) is 79.2 Å². The van der Waals surface area contributed by atoms with E-state index in [9.17, 15) is 4.79 Å². The number of carbonyl (C=O) groups excluding carboxylic acids is 1. The van der Waals surface area contributed by atoms with Crippen LogP contribution in [0.25, 0.3) is 16.8 Å². The zero-order valence-electron chi connectivity index (χ0n) is 20.7. The first-order chi connectivity index (χ1) is 17.6. The molecule has 2 aromatic heterocycles. The average Bonchev–Trinajstić information content (AvgIpc) is 3.54. The lowest BCUT2D eigenvalue weighted by atomic mass is 9.97. The monoisotopic (exact) mass is 480 g/mol. The van der Waals surface area contributed by atoms with E-state index >= 15 is 0 Å². The van der Waals surface area contributed by atoms with Gasteiger partial charge >= 0.3 is 0 Å². The van der Waals surface area contributed by atoms with Gasteiger partial charge in [-0.1, -0.05) is 42.5 Å². The summed E-state index contributed by atoms with van der Waals surface area (Å²) < 4.78 is 1.86. The van der Waals surface area contributed by atoms with Crippen LogP contribution in [-0.2, 0) is 0 Å². The molecule has 2 N–H and O–H groups in total. The molecule has 36 heavy (non-hydrogen) atoms. The molecule has 184 valence electrons. The maximum Gasteiger partial charge on any atom is 0.254 e. The fraction of sp³-hybridized carbons (Fsp3) is 0.345. The molecule has 0 spiro atoms. The number of carbonyl (C=O) groups is 1. The molecule has 1 amide bonds. The van der Waals surface area contributed by atoms with E-state index < -0.39 is 0 Å². The predicted octanol–water partition coefficient (Wildman–Crippen LogP) is 4.61. The van der Waals surface area contributed by atoms with Crippen molar-refractivity contribution in [3.05, 3.63) is 83.7 Å². The van der Waals surface area contributed by atoms with Gasteiger partial charge in [0.15, 0.2) is 5.65 Å². The Morgan fingerprint density at radius 1 is 0.972 bits per heavy atom. The quantitative estimate of drug-likeness (QED) is 0.461. The Labute approximate surface area is 211 Å². The van der Waals surface area contributed by atoms with Crippen molar-refractivity contribution in [3.63, 3.8) is 0 Å². The summed E-state index contributed by atoms with van der Waals surface area (Å²) in [6.45, 7) is 4.57. The molecule has 2 aromatic carbocycles. The molecule has 7 nitrogen and oxygen atoms in total. The zero-order valence-corrected chi connectivity index (χ0v) is 20.7. The molecule has 0 bridgehead atoms. The second kappa shape index (κ2) is 9.39. The Bertz CT molecular complexity index is 1380. The van der Waals surface area contributed by atoms with Gasteiger partial charge < -0.3 is 15.5 Å². The summed E-state index contributed by atoms with van der Waals surface area (Å²) in [5, 5.41) is 4.88. The first-order valence-corrected chi connectivity index (χ1v) is 12.9. The lowest BCUT2D eigenvalue weighted by Gasteiger charge is -2.34. The van der Waals surface area contributed by atoms with Crippen LogP contribution in [0.15, 0.2) is 66.9 Å². The van der Waals surface area contributed by atoms with E-state index in [0.29, 0.717) is 5.56 Å². The van der Waals surface area contributed by atoms with Crippen LogP contribution in [0.4, 0.5) is 5.82 Å². The van der Waals surface area contributed by atoms with Crippen molar-refractivity contribution in [2.45, 2.75) is 44.7 Å². The summed E-state index contributed by atoms with van der Waals surface area (Å²) in [4.78, 5) is 22.8. The van der Waals surface area contributed by atoms with Crippen molar-refractivity contribution in [1.82, 2.24) is 19.5 Å². The number of hydrogen-bond acceptors (Lipinski definition) is 5. The first kappa shape index (κ1) is 22.7. The molecule has 2 atom stereocenters. The van der Waals surface area contributed by atoms with Crippen molar-refractivity contribution in [3.8, 4) is 11.1 Å². The summed E-state index contributed by atoms with van der Waals surface area (Å²) in [7, 11) is 0. The smallest absolute Gasteiger partial charge is 0.254 e. The highest BCUT2D eigenvalue weighted by molar-refractivity contribution is 5.95. The molecule has 2 unspecified atom stereocenters. The van der Waals surface area contributed by atoms with Gasteiger partial charge in [0.1, 0.15) is 5.82 Å². The van der Waals surface area contributed by atoms with Crippen molar-refractivity contribution in [2.75, 3.05) is 24.5 Å². The first-order valence-electron chi connectivity index (χ1n) is 12.9. The second-order valence-electron chi connectivity index (χ2n) is 10.1. The number of aryl methyl sites for hydroxylation is 1. The van der Waals surface area contributed by atoms with E-state index in [2.05, 4.69) is 24.0 Å². The number of piperidine rings is 1. The second-order valence-corrected chi connectivity index (χ2v) is 10.1. The molecular formula is C29H32N6O. The Balaban J connectivity index is 1.27. The molecule has 2 aliphatic heterocycles. The SMILES string of the molecule is Cc1cn2nc(C3CCCCN3C(=O)c3ccc(-c4ccccc4)cc3)cc2nc1N1CCC(N)C1. The van der Waals surface area contributed by atoms with Crippen LogP contribution >= 0.6 is 0 Å². The van der Waals surface area contributed by atoms with Crippen LogP contribution in [0.3, 0.4) is 0 Å². The molecule has 7 heteroatoms. The normalized spacial score (nSPS) is 20.3. The van der Waals surface area contributed by atoms with Gasteiger partial charge in [-0.05, 0) is 55.9 Å². The molecule has 0 saturated carbocycles. The fourth-order valence-electron chi connectivity index (χ4n) is 5.57. The van der Waals surface area contributed by atoms with Crippen LogP contribution in [0.5, 0.6) is 0 Å². The van der Waals surface area contributed by atoms with Crippen molar-refractivity contribution in [2.24, 2.45) is 5.73 Å². The molecular weight excluding hydrogens is 448 g/mol. The van der Waals surface area contributed by atoms with Gasteiger partial charge in [-0.25, -0.2) is 9.50 Å². The molecule has 6 rings (SSSR count). The number of anilines is 1. The Morgan fingerprint density at radius 2 is 1.75 bits per heavy atom. The zero-order chi connectivity index (χ0) is 24.6. The number of aromatic nitrogens is 3. The number of nitrogens with zero attached hydrogens (tertiary/aromatic N) is 5. The number of nitrogens with two attached hydrogens (primary N) is 1. The van der Waals surface area contributed by atoms with Gasteiger partial charge in [0.2, 0.25) is 0 Å². The topological polar surface area (TPSA) is 79.8 Å². The van der Waals surface area contributed by atoms with Gasteiger partial charge in [0.05, 0.1) is 11.7 Å². The summed E-state index contributed by atoms with van der Waals surface area (Å²) in [6, 6.07) is 20.4. The van der Waals surface area contributed by atoms with E-state index in [1.165, 1.54) is 0 Å². The maximum atomic E-state index is 13.6. The lowest BCUT2D eigenvalue weighted by Crippen LogP contribution is -2.38. The minimum atomic E-state index is -0.0503. The predicted molar refractivity (Wildman–Crippen MR) is 142 cm³/mol. The Morgan fingerprint density at radius 3 is 2.50 bits per heavy atom. The molecule has 4 heterocycles. The molecule has 0 radical (unpaired) electrons. The number of rotatable bonds is 4. The number of benzene rings is 2. The van der Waals surface area contributed by atoms with Gasteiger partial charge in [-0.15, -0.1) is 0 Å². The molecule has 2 saturated heterocycles. The van der Waals surface area contributed by atoms with Crippen LogP contribution in [0.1, 0.15) is 53.3 Å². The standard InChI is InChI=1S/C29H32N6O/c1-20-18-35-27(31-28(20)33-16-14-24(30)19-33)17-25(32-35)26-9-5-6-15-34(26)29(36)23-12-10-22(11-13-23)21-7-3-2-4-8-21/h2-4,7-8,10-13,17-18,24,26H,5-6,9,14-16,19,30H2,1H3. The van der Waals surface area contributed by atoms with Crippen molar-refractivity contribution in [1.29, 1.82) is 0 Å². The van der Waals surface area contributed by atoms with Crippen molar-refractivity contribution < 1.29 is 4.79 Å².